The number of amides is 1. The highest BCUT2D eigenvalue weighted by molar-refractivity contribution is 6.04. The molecule has 0 unspecified atom stereocenters. The van der Waals surface area contributed by atoms with E-state index in [-0.39, 0.29) is 5.91 Å². The molecular formula is C20H28N4O. The van der Waals surface area contributed by atoms with Crippen LogP contribution in [0.15, 0.2) is 36.5 Å². The van der Waals surface area contributed by atoms with Crippen molar-refractivity contribution in [3.05, 3.63) is 53.3 Å². The number of pyridine rings is 1. The zero-order chi connectivity index (χ0) is 18.2. The highest BCUT2D eigenvalue weighted by Crippen LogP contribution is 2.22. The molecule has 0 bridgehead atoms. The Morgan fingerprint density at radius 1 is 1.24 bits per heavy atom. The Bertz CT molecular complexity index is 713. The van der Waals surface area contributed by atoms with Gasteiger partial charge in [-0.25, -0.2) is 0 Å². The third kappa shape index (κ3) is 5.57. The zero-order valence-electron chi connectivity index (χ0n) is 15.6. The van der Waals surface area contributed by atoms with Crippen molar-refractivity contribution in [1.29, 1.82) is 0 Å². The Labute approximate surface area is 150 Å². The molecule has 0 aliphatic carbocycles. The van der Waals surface area contributed by atoms with E-state index in [0.717, 1.165) is 48.4 Å². The molecule has 5 nitrogen and oxygen atoms in total. The average Bonchev–Trinajstić information content (AvgIpc) is 2.60. The van der Waals surface area contributed by atoms with Crippen molar-refractivity contribution in [2.24, 2.45) is 0 Å². The number of aromatic nitrogens is 1. The summed E-state index contributed by atoms with van der Waals surface area (Å²) < 4.78 is 0. The lowest BCUT2D eigenvalue weighted by Crippen LogP contribution is -2.17. The molecule has 25 heavy (non-hydrogen) atoms. The van der Waals surface area contributed by atoms with Gasteiger partial charge in [0.2, 0.25) is 0 Å². The van der Waals surface area contributed by atoms with Crippen LogP contribution in [0.25, 0.3) is 0 Å². The lowest BCUT2D eigenvalue weighted by Gasteiger charge is -2.13. The number of anilines is 2. The number of hydrogen-bond acceptors (Lipinski definition) is 4. The summed E-state index contributed by atoms with van der Waals surface area (Å²) in [5, 5.41) is 6.37. The van der Waals surface area contributed by atoms with E-state index in [2.05, 4.69) is 41.5 Å². The fourth-order valence-corrected chi connectivity index (χ4v) is 2.67. The molecule has 0 aliphatic rings. The molecule has 0 saturated carbocycles. The first-order valence-corrected chi connectivity index (χ1v) is 8.75. The normalized spacial score (nSPS) is 10.8. The second-order valence-electron chi connectivity index (χ2n) is 6.43. The standard InChI is InChI=1S/C20H28N4O/c1-5-16-9-6-8-15(2)19(16)23-20(25)18-14-17(10-12-22-18)21-11-7-13-24(3)4/h6,8-10,12,14H,5,7,11,13H2,1-4H3,(H,21,22)(H,23,25). The summed E-state index contributed by atoms with van der Waals surface area (Å²) in [6.45, 7) is 5.98. The minimum absolute atomic E-state index is 0.180. The summed E-state index contributed by atoms with van der Waals surface area (Å²) in [5.74, 6) is -0.180. The van der Waals surface area contributed by atoms with Crippen molar-refractivity contribution < 1.29 is 4.79 Å². The van der Waals surface area contributed by atoms with E-state index < -0.39 is 0 Å². The zero-order valence-corrected chi connectivity index (χ0v) is 15.6. The van der Waals surface area contributed by atoms with Crippen LogP contribution in [-0.2, 0) is 6.42 Å². The minimum atomic E-state index is -0.180. The van der Waals surface area contributed by atoms with Gasteiger partial charge in [0.15, 0.2) is 0 Å². The molecule has 0 fully saturated rings. The summed E-state index contributed by atoms with van der Waals surface area (Å²) in [5.41, 5.74) is 4.42. The predicted octanol–water partition coefficient (Wildman–Crippen LogP) is 3.57. The molecule has 0 radical (unpaired) electrons. The number of benzene rings is 1. The molecule has 0 spiro atoms. The predicted molar refractivity (Wildman–Crippen MR) is 104 cm³/mol. The lowest BCUT2D eigenvalue weighted by molar-refractivity contribution is 0.102. The van der Waals surface area contributed by atoms with Crippen LogP contribution in [0.5, 0.6) is 0 Å². The van der Waals surface area contributed by atoms with Gasteiger partial charge in [-0.3, -0.25) is 9.78 Å². The second kappa shape index (κ2) is 9.18. The molecule has 1 heterocycles. The van der Waals surface area contributed by atoms with E-state index >= 15 is 0 Å². The first-order chi connectivity index (χ1) is 12.0. The SMILES string of the molecule is CCc1cccc(C)c1NC(=O)c1cc(NCCCN(C)C)ccn1. The van der Waals surface area contributed by atoms with Crippen LogP contribution in [0.4, 0.5) is 11.4 Å². The second-order valence-corrected chi connectivity index (χ2v) is 6.43. The fourth-order valence-electron chi connectivity index (χ4n) is 2.67. The molecule has 1 aromatic carbocycles. The van der Waals surface area contributed by atoms with E-state index in [9.17, 15) is 4.79 Å². The van der Waals surface area contributed by atoms with Crippen molar-refractivity contribution in [2.75, 3.05) is 37.8 Å². The summed E-state index contributed by atoms with van der Waals surface area (Å²) >= 11 is 0. The van der Waals surface area contributed by atoms with Crippen molar-refractivity contribution in [1.82, 2.24) is 9.88 Å². The molecule has 1 amide bonds. The first-order valence-electron chi connectivity index (χ1n) is 8.75. The topological polar surface area (TPSA) is 57.3 Å². The third-order valence-corrected chi connectivity index (χ3v) is 4.08. The largest absolute Gasteiger partial charge is 0.385 e. The molecule has 2 N–H and O–H groups in total. The average molecular weight is 340 g/mol. The minimum Gasteiger partial charge on any atom is -0.385 e. The molecule has 2 rings (SSSR count). The van der Waals surface area contributed by atoms with Crippen LogP contribution in [0.2, 0.25) is 0 Å². The van der Waals surface area contributed by atoms with E-state index in [1.807, 2.05) is 31.2 Å². The van der Waals surface area contributed by atoms with Crippen molar-refractivity contribution in [3.8, 4) is 0 Å². The molecule has 0 atom stereocenters. The monoisotopic (exact) mass is 340 g/mol. The quantitative estimate of drug-likeness (QED) is 0.721. The third-order valence-electron chi connectivity index (χ3n) is 4.08. The number of carbonyl (C=O) groups is 1. The van der Waals surface area contributed by atoms with Gasteiger partial charge in [-0.15, -0.1) is 0 Å². The van der Waals surface area contributed by atoms with Crippen LogP contribution < -0.4 is 10.6 Å². The molecule has 0 aliphatic heterocycles. The number of carbonyl (C=O) groups excluding carboxylic acids is 1. The Morgan fingerprint density at radius 3 is 2.76 bits per heavy atom. The van der Waals surface area contributed by atoms with Gasteiger partial charge in [-0.05, 0) is 63.7 Å². The van der Waals surface area contributed by atoms with Gasteiger partial charge in [0.25, 0.3) is 5.91 Å². The van der Waals surface area contributed by atoms with Crippen LogP contribution in [0.3, 0.4) is 0 Å². The summed E-state index contributed by atoms with van der Waals surface area (Å²) in [4.78, 5) is 19.0. The maximum absolute atomic E-state index is 12.6. The maximum atomic E-state index is 12.6. The highest BCUT2D eigenvalue weighted by Gasteiger charge is 2.12. The number of aryl methyl sites for hydroxylation is 2. The Hall–Kier alpha value is -2.40. The first kappa shape index (κ1) is 18.9. The van der Waals surface area contributed by atoms with Crippen LogP contribution in [-0.4, -0.2) is 43.0 Å². The summed E-state index contributed by atoms with van der Waals surface area (Å²) in [7, 11) is 4.12. The summed E-state index contributed by atoms with van der Waals surface area (Å²) in [6.07, 6.45) is 3.58. The highest BCUT2D eigenvalue weighted by atomic mass is 16.1. The van der Waals surface area contributed by atoms with Gasteiger partial charge < -0.3 is 15.5 Å². The summed E-state index contributed by atoms with van der Waals surface area (Å²) in [6, 6.07) is 9.75. The molecular weight excluding hydrogens is 312 g/mol. The van der Waals surface area contributed by atoms with Gasteiger partial charge in [0.1, 0.15) is 5.69 Å². The van der Waals surface area contributed by atoms with Crippen LogP contribution in [0.1, 0.15) is 35.0 Å². The van der Waals surface area contributed by atoms with Crippen molar-refractivity contribution in [3.63, 3.8) is 0 Å². The molecule has 5 heteroatoms. The van der Waals surface area contributed by atoms with E-state index in [1.54, 1.807) is 12.3 Å². The lowest BCUT2D eigenvalue weighted by atomic mass is 10.1. The van der Waals surface area contributed by atoms with Gasteiger partial charge in [0, 0.05) is 24.1 Å². The number of para-hydroxylation sites is 1. The van der Waals surface area contributed by atoms with Crippen molar-refractivity contribution in [2.45, 2.75) is 26.7 Å². The van der Waals surface area contributed by atoms with Gasteiger partial charge in [-0.2, -0.15) is 0 Å². The molecule has 134 valence electrons. The van der Waals surface area contributed by atoms with Gasteiger partial charge in [-0.1, -0.05) is 25.1 Å². The fraction of sp³-hybridized carbons (Fsp3) is 0.400. The maximum Gasteiger partial charge on any atom is 0.274 e. The van der Waals surface area contributed by atoms with Crippen molar-refractivity contribution >= 4 is 17.3 Å². The Kier molecular flexibility index (Phi) is 6.95. The Balaban J connectivity index is 2.04. The van der Waals surface area contributed by atoms with Crippen LogP contribution >= 0.6 is 0 Å². The number of rotatable bonds is 8. The molecule has 2 aromatic rings. The van der Waals surface area contributed by atoms with E-state index in [4.69, 9.17) is 0 Å². The number of nitrogens with zero attached hydrogens (tertiary/aromatic N) is 2. The van der Waals surface area contributed by atoms with Crippen LogP contribution in [0, 0.1) is 6.92 Å². The smallest absolute Gasteiger partial charge is 0.274 e. The van der Waals surface area contributed by atoms with Gasteiger partial charge >= 0.3 is 0 Å². The van der Waals surface area contributed by atoms with E-state index in [1.165, 1.54) is 0 Å². The Morgan fingerprint density at radius 2 is 2.04 bits per heavy atom. The molecule has 0 saturated heterocycles. The number of hydrogen-bond donors (Lipinski definition) is 2. The van der Waals surface area contributed by atoms with Gasteiger partial charge in [0.05, 0.1) is 0 Å². The molecule has 1 aromatic heterocycles. The number of nitrogens with one attached hydrogen (secondary N) is 2. The van der Waals surface area contributed by atoms with E-state index in [0.29, 0.717) is 5.69 Å².